The molecule has 0 fully saturated rings. The van der Waals surface area contributed by atoms with E-state index in [2.05, 4.69) is 15.6 Å². The van der Waals surface area contributed by atoms with E-state index < -0.39 is 0 Å². The Morgan fingerprint density at radius 3 is 2.55 bits per heavy atom. The summed E-state index contributed by atoms with van der Waals surface area (Å²) in [5.74, 6) is 1.63. The van der Waals surface area contributed by atoms with Crippen LogP contribution in [0.1, 0.15) is 25.1 Å². The minimum absolute atomic E-state index is 0.183. The molecule has 0 atom stereocenters. The maximum Gasteiger partial charge on any atom is 0.172 e. The van der Waals surface area contributed by atoms with Gasteiger partial charge in [0, 0.05) is 12.2 Å². The molecule has 0 saturated carbocycles. The summed E-state index contributed by atoms with van der Waals surface area (Å²) in [5.41, 5.74) is 2.09. The van der Waals surface area contributed by atoms with Gasteiger partial charge in [-0.15, -0.1) is 0 Å². The Hall–Kier alpha value is -2.14. The first-order valence-electron chi connectivity index (χ1n) is 7.27. The van der Waals surface area contributed by atoms with Crippen LogP contribution in [0.4, 0.5) is 5.82 Å². The van der Waals surface area contributed by atoms with Crippen molar-refractivity contribution in [2.75, 3.05) is 5.32 Å². The fourth-order valence-electron chi connectivity index (χ4n) is 1.91. The molecule has 22 heavy (non-hydrogen) atoms. The van der Waals surface area contributed by atoms with Gasteiger partial charge in [-0.3, -0.25) is 0 Å². The number of rotatable bonds is 5. The maximum atomic E-state index is 5.62. The first-order chi connectivity index (χ1) is 10.5. The fraction of sp³-hybridized carbons (Fsp3) is 0.294. The molecule has 0 spiro atoms. The molecular weight excluding hydrogens is 294 g/mol. The Morgan fingerprint density at radius 2 is 1.91 bits per heavy atom. The molecule has 0 saturated heterocycles. The van der Waals surface area contributed by atoms with Crippen LogP contribution in [-0.2, 0) is 6.54 Å². The molecule has 2 rings (SSSR count). The quantitative estimate of drug-likeness (QED) is 0.825. The molecule has 0 aliphatic heterocycles. The van der Waals surface area contributed by atoms with Crippen LogP contribution in [0.15, 0.2) is 42.5 Å². The maximum absolute atomic E-state index is 5.62. The monoisotopic (exact) mass is 315 g/mol. The zero-order chi connectivity index (χ0) is 15.9. The molecule has 2 N–H and O–H groups in total. The van der Waals surface area contributed by atoms with Gasteiger partial charge >= 0.3 is 0 Å². The van der Waals surface area contributed by atoms with Crippen molar-refractivity contribution in [2.45, 2.75) is 33.4 Å². The predicted molar refractivity (Wildman–Crippen MR) is 94.2 cm³/mol. The molecule has 0 bridgehead atoms. The number of aryl methyl sites for hydroxylation is 1. The van der Waals surface area contributed by atoms with E-state index in [0.717, 1.165) is 22.8 Å². The van der Waals surface area contributed by atoms with Gasteiger partial charge in [-0.05, 0) is 62.8 Å². The molecule has 0 amide bonds. The van der Waals surface area contributed by atoms with Crippen molar-refractivity contribution in [1.29, 1.82) is 0 Å². The van der Waals surface area contributed by atoms with Crippen molar-refractivity contribution >= 4 is 23.1 Å². The average molecular weight is 315 g/mol. The zero-order valence-corrected chi connectivity index (χ0v) is 13.9. The van der Waals surface area contributed by atoms with Crippen molar-refractivity contribution in [2.24, 2.45) is 0 Å². The first kappa shape index (κ1) is 16.2. The lowest BCUT2D eigenvalue weighted by Crippen LogP contribution is -2.28. The minimum Gasteiger partial charge on any atom is -0.491 e. The topological polar surface area (TPSA) is 46.2 Å². The fourth-order valence-corrected chi connectivity index (χ4v) is 2.09. The molecule has 2 aromatic rings. The second-order valence-corrected chi connectivity index (χ2v) is 5.69. The summed E-state index contributed by atoms with van der Waals surface area (Å²) in [7, 11) is 0. The van der Waals surface area contributed by atoms with Crippen LogP contribution in [0.25, 0.3) is 0 Å². The van der Waals surface area contributed by atoms with Gasteiger partial charge < -0.3 is 15.4 Å². The van der Waals surface area contributed by atoms with Crippen molar-refractivity contribution in [3.8, 4) is 5.75 Å². The van der Waals surface area contributed by atoms with E-state index in [9.17, 15) is 0 Å². The summed E-state index contributed by atoms with van der Waals surface area (Å²) in [6.07, 6.45) is 0.183. The zero-order valence-electron chi connectivity index (χ0n) is 13.1. The van der Waals surface area contributed by atoms with Gasteiger partial charge in [0.25, 0.3) is 0 Å². The number of thiocarbonyl (C=S) groups is 1. The third-order valence-electron chi connectivity index (χ3n) is 2.88. The van der Waals surface area contributed by atoms with Gasteiger partial charge in [0.2, 0.25) is 0 Å². The smallest absolute Gasteiger partial charge is 0.172 e. The lowest BCUT2D eigenvalue weighted by atomic mass is 10.2. The normalized spacial score (nSPS) is 10.4. The molecule has 0 radical (unpaired) electrons. The predicted octanol–water partition coefficient (Wildman–Crippen LogP) is 3.66. The molecule has 116 valence electrons. The summed E-state index contributed by atoms with van der Waals surface area (Å²) >= 11 is 5.27. The van der Waals surface area contributed by atoms with Gasteiger partial charge in [-0.25, -0.2) is 4.98 Å². The molecule has 0 unspecified atom stereocenters. The third kappa shape index (κ3) is 5.33. The van der Waals surface area contributed by atoms with Gasteiger partial charge in [0.15, 0.2) is 5.11 Å². The number of benzene rings is 1. The number of hydrogen-bond donors (Lipinski definition) is 2. The number of nitrogens with one attached hydrogen (secondary N) is 2. The molecule has 1 aromatic heterocycles. The largest absolute Gasteiger partial charge is 0.491 e. The number of anilines is 1. The van der Waals surface area contributed by atoms with E-state index in [1.807, 2.05) is 63.2 Å². The molecule has 1 heterocycles. The lowest BCUT2D eigenvalue weighted by Gasteiger charge is -2.12. The van der Waals surface area contributed by atoms with Crippen molar-refractivity contribution in [1.82, 2.24) is 10.3 Å². The highest BCUT2D eigenvalue weighted by Crippen LogP contribution is 2.13. The van der Waals surface area contributed by atoms with E-state index >= 15 is 0 Å². The van der Waals surface area contributed by atoms with E-state index in [4.69, 9.17) is 17.0 Å². The number of ether oxygens (including phenoxy) is 1. The van der Waals surface area contributed by atoms with Gasteiger partial charge in [-0.1, -0.05) is 18.2 Å². The van der Waals surface area contributed by atoms with Crippen LogP contribution in [-0.4, -0.2) is 16.2 Å². The molecule has 1 aromatic carbocycles. The van der Waals surface area contributed by atoms with E-state index in [1.54, 1.807) is 0 Å². The highest BCUT2D eigenvalue weighted by atomic mass is 32.1. The molecule has 5 heteroatoms. The number of aromatic nitrogens is 1. The summed E-state index contributed by atoms with van der Waals surface area (Å²) in [4.78, 5) is 4.35. The molecule has 0 aliphatic carbocycles. The Labute approximate surface area is 136 Å². The number of pyridine rings is 1. The average Bonchev–Trinajstić information content (AvgIpc) is 2.46. The molecule has 4 nitrogen and oxygen atoms in total. The van der Waals surface area contributed by atoms with Crippen LogP contribution in [0, 0.1) is 6.92 Å². The lowest BCUT2D eigenvalue weighted by molar-refractivity contribution is 0.242. The van der Waals surface area contributed by atoms with Crippen LogP contribution in [0.3, 0.4) is 0 Å². The van der Waals surface area contributed by atoms with Gasteiger partial charge in [0.1, 0.15) is 11.6 Å². The minimum atomic E-state index is 0.183. The highest BCUT2D eigenvalue weighted by molar-refractivity contribution is 7.80. The van der Waals surface area contributed by atoms with Crippen LogP contribution >= 0.6 is 12.2 Å². The standard InChI is InChI=1S/C17H21N3OS/c1-12(2)21-15-9-7-14(8-10-15)11-18-17(22)20-16-6-4-5-13(3)19-16/h4-10,12H,11H2,1-3H3,(H2,18,19,20,22). The Bertz CT molecular complexity index is 626. The first-order valence-corrected chi connectivity index (χ1v) is 7.68. The Balaban J connectivity index is 1.83. The number of nitrogens with zero attached hydrogens (tertiary/aromatic N) is 1. The highest BCUT2D eigenvalue weighted by Gasteiger charge is 2.01. The van der Waals surface area contributed by atoms with Crippen LogP contribution in [0.5, 0.6) is 5.75 Å². The van der Waals surface area contributed by atoms with E-state index in [0.29, 0.717) is 11.7 Å². The number of hydrogen-bond acceptors (Lipinski definition) is 3. The van der Waals surface area contributed by atoms with Crippen molar-refractivity contribution in [3.63, 3.8) is 0 Å². The van der Waals surface area contributed by atoms with Crippen LogP contribution < -0.4 is 15.4 Å². The van der Waals surface area contributed by atoms with Gasteiger partial charge in [0.05, 0.1) is 6.10 Å². The Kier molecular flexibility index (Phi) is 5.72. The second-order valence-electron chi connectivity index (χ2n) is 5.28. The van der Waals surface area contributed by atoms with Crippen molar-refractivity contribution < 1.29 is 4.74 Å². The summed E-state index contributed by atoms with van der Waals surface area (Å²) < 4.78 is 5.62. The summed E-state index contributed by atoms with van der Waals surface area (Å²) in [5, 5.41) is 6.80. The second kappa shape index (κ2) is 7.75. The van der Waals surface area contributed by atoms with Gasteiger partial charge in [-0.2, -0.15) is 0 Å². The summed E-state index contributed by atoms with van der Waals surface area (Å²) in [6, 6.07) is 13.8. The SMILES string of the molecule is Cc1cccc(NC(=S)NCc2ccc(OC(C)C)cc2)n1. The molecule has 0 aliphatic rings. The Morgan fingerprint density at radius 1 is 1.18 bits per heavy atom. The summed E-state index contributed by atoms with van der Waals surface area (Å²) in [6.45, 7) is 6.62. The van der Waals surface area contributed by atoms with Crippen molar-refractivity contribution in [3.05, 3.63) is 53.7 Å². The third-order valence-corrected chi connectivity index (χ3v) is 3.12. The van der Waals surface area contributed by atoms with E-state index in [-0.39, 0.29) is 6.10 Å². The van der Waals surface area contributed by atoms with Crippen LogP contribution in [0.2, 0.25) is 0 Å². The van der Waals surface area contributed by atoms with E-state index in [1.165, 1.54) is 0 Å². The molecular formula is C17H21N3OS.